The maximum absolute atomic E-state index is 6.80. The average molecular weight is 767 g/mol. The normalized spacial score (nSPS) is 11.3. The fourth-order valence-corrected chi connectivity index (χ4v) is 8.68. The summed E-state index contributed by atoms with van der Waals surface area (Å²) in [6.07, 6.45) is 0. The van der Waals surface area contributed by atoms with Gasteiger partial charge in [-0.05, 0) is 110 Å². The number of oxazole rings is 1. The van der Waals surface area contributed by atoms with Crippen LogP contribution >= 0.6 is 0 Å². The maximum Gasteiger partial charge on any atom is 0.227 e. The smallest absolute Gasteiger partial charge is 0.227 e. The number of nitrogens with zero attached hydrogens (tertiary/aromatic N) is 2. The summed E-state index contributed by atoms with van der Waals surface area (Å²) >= 11 is 0. The molecule has 0 unspecified atom stereocenters. The van der Waals surface area contributed by atoms with Gasteiger partial charge in [0.05, 0.1) is 5.69 Å². The van der Waals surface area contributed by atoms with Gasteiger partial charge in [0.1, 0.15) is 5.52 Å². The van der Waals surface area contributed by atoms with E-state index in [1.54, 1.807) is 0 Å². The minimum absolute atomic E-state index is 0.610. The summed E-state index contributed by atoms with van der Waals surface area (Å²) < 4.78 is 6.80. The zero-order valence-electron chi connectivity index (χ0n) is 32.7. The average Bonchev–Trinajstić information content (AvgIpc) is 3.78. The minimum atomic E-state index is 0.610. The summed E-state index contributed by atoms with van der Waals surface area (Å²) in [7, 11) is 0. The molecule has 282 valence electrons. The van der Waals surface area contributed by atoms with Crippen molar-refractivity contribution >= 4 is 49.7 Å². The number of para-hydroxylation sites is 1. The van der Waals surface area contributed by atoms with Crippen LogP contribution in [0.25, 0.3) is 88.6 Å². The van der Waals surface area contributed by atoms with Gasteiger partial charge in [-0.2, -0.15) is 0 Å². The fourth-order valence-electron chi connectivity index (χ4n) is 8.68. The molecule has 0 spiro atoms. The van der Waals surface area contributed by atoms with Gasteiger partial charge in [-0.1, -0.05) is 176 Å². The van der Waals surface area contributed by atoms with Crippen LogP contribution in [0.1, 0.15) is 0 Å². The fraction of sp³-hybridized carbons (Fsp3) is 0. The van der Waals surface area contributed by atoms with Crippen LogP contribution in [0.5, 0.6) is 0 Å². The Morgan fingerprint density at radius 1 is 0.350 bits per heavy atom. The molecule has 0 N–H and O–H groups in total. The Bertz CT molecular complexity index is 3300. The highest BCUT2D eigenvalue weighted by Gasteiger charge is 2.22. The molecule has 0 fully saturated rings. The summed E-state index contributed by atoms with van der Waals surface area (Å²) in [5.41, 5.74) is 15.0. The molecule has 11 rings (SSSR count). The lowest BCUT2D eigenvalue weighted by molar-refractivity contribution is 0.623. The molecule has 0 radical (unpaired) electrons. The van der Waals surface area contributed by atoms with Crippen LogP contribution in [-0.2, 0) is 0 Å². The summed E-state index contributed by atoms with van der Waals surface area (Å²) in [4.78, 5) is 7.44. The zero-order chi connectivity index (χ0) is 39.8. The molecule has 0 amide bonds. The SMILES string of the molecule is c1ccc(-c2nc3ccc4c(-c5ccccc5)cc5ccc(N(c6cccc(-c7ccccc7-c7ccccc7)c6)c6ccccc6-c6ccccc6)cc5c4c3o2)cc1. The molecular weight excluding hydrogens is 729 g/mol. The van der Waals surface area contributed by atoms with Crippen molar-refractivity contribution in [1.82, 2.24) is 4.98 Å². The van der Waals surface area contributed by atoms with Gasteiger partial charge in [-0.3, -0.25) is 0 Å². The van der Waals surface area contributed by atoms with Crippen molar-refractivity contribution in [3.63, 3.8) is 0 Å². The first-order valence-corrected chi connectivity index (χ1v) is 20.4. The van der Waals surface area contributed by atoms with Crippen molar-refractivity contribution in [2.45, 2.75) is 0 Å². The van der Waals surface area contributed by atoms with Crippen molar-refractivity contribution in [3.8, 4) is 56.0 Å². The van der Waals surface area contributed by atoms with E-state index >= 15 is 0 Å². The minimum Gasteiger partial charge on any atom is -0.435 e. The van der Waals surface area contributed by atoms with E-state index < -0.39 is 0 Å². The van der Waals surface area contributed by atoms with Crippen LogP contribution in [0.15, 0.2) is 235 Å². The Hall–Kier alpha value is -8.01. The monoisotopic (exact) mass is 766 g/mol. The summed E-state index contributed by atoms with van der Waals surface area (Å²) in [6, 6.07) is 81.9. The predicted octanol–water partition coefficient (Wildman–Crippen LogP) is 15.9. The second-order valence-corrected chi connectivity index (χ2v) is 15.1. The molecule has 11 aromatic rings. The summed E-state index contributed by atoms with van der Waals surface area (Å²) in [5.74, 6) is 0.610. The molecular formula is C57H38N2O. The topological polar surface area (TPSA) is 29.3 Å². The van der Waals surface area contributed by atoms with Crippen molar-refractivity contribution in [3.05, 3.63) is 231 Å². The molecule has 0 aliphatic carbocycles. The second-order valence-electron chi connectivity index (χ2n) is 15.1. The van der Waals surface area contributed by atoms with E-state index in [1.165, 1.54) is 16.7 Å². The molecule has 60 heavy (non-hydrogen) atoms. The van der Waals surface area contributed by atoms with Gasteiger partial charge in [0, 0.05) is 27.9 Å². The summed E-state index contributed by atoms with van der Waals surface area (Å²) in [5, 5.41) is 4.38. The number of hydrogen-bond donors (Lipinski definition) is 0. The third-order valence-corrected chi connectivity index (χ3v) is 11.5. The third kappa shape index (κ3) is 6.30. The number of fused-ring (bicyclic) bond motifs is 5. The van der Waals surface area contributed by atoms with Crippen LogP contribution < -0.4 is 4.90 Å². The van der Waals surface area contributed by atoms with Crippen molar-refractivity contribution in [2.24, 2.45) is 0 Å². The highest BCUT2D eigenvalue weighted by molar-refractivity contribution is 6.23. The quantitative estimate of drug-likeness (QED) is 0.144. The third-order valence-electron chi connectivity index (χ3n) is 11.5. The molecule has 1 heterocycles. The van der Waals surface area contributed by atoms with E-state index in [2.05, 4.69) is 205 Å². The van der Waals surface area contributed by atoms with E-state index in [0.29, 0.717) is 5.89 Å². The van der Waals surface area contributed by atoms with E-state index in [9.17, 15) is 0 Å². The number of hydrogen-bond acceptors (Lipinski definition) is 3. The van der Waals surface area contributed by atoms with Crippen molar-refractivity contribution in [2.75, 3.05) is 4.90 Å². The van der Waals surface area contributed by atoms with Gasteiger partial charge in [0.25, 0.3) is 0 Å². The van der Waals surface area contributed by atoms with Gasteiger partial charge in [-0.25, -0.2) is 4.98 Å². The van der Waals surface area contributed by atoms with Gasteiger partial charge in [0.2, 0.25) is 5.89 Å². The Morgan fingerprint density at radius 3 is 1.57 bits per heavy atom. The van der Waals surface area contributed by atoms with Gasteiger partial charge in [0.15, 0.2) is 5.58 Å². The number of aromatic nitrogens is 1. The maximum atomic E-state index is 6.80. The second kappa shape index (κ2) is 15.1. The van der Waals surface area contributed by atoms with Crippen LogP contribution in [0.2, 0.25) is 0 Å². The molecule has 3 nitrogen and oxygen atoms in total. The van der Waals surface area contributed by atoms with Gasteiger partial charge < -0.3 is 9.32 Å². The van der Waals surface area contributed by atoms with Crippen LogP contribution in [-0.4, -0.2) is 4.98 Å². The largest absolute Gasteiger partial charge is 0.435 e. The first kappa shape index (κ1) is 35.2. The van der Waals surface area contributed by atoms with E-state index in [4.69, 9.17) is 9.40 Å². The molecule has 10 aromatic carbocycles. The Labute approximate surface area is 349 Å². The molecule has 0 saturated carbocycles. The first-order chi connectivity index (χ1) is 29.8. The van der Waals surface area contributed by atoms with Crippen LogP contribution in [0.4, 0.5) is 17.1 Å². The molecule has 0 saturated heterocycles. The number of rotatable bonds is 8. The standard InChI is InChI=1S/C57H38N2O/c1-5-18-39(19-6-1)47-28-13-14-29-48(47)43-26-17-27-45(36-43)59(54-31-16-15-30-49(54)40-20-7-2-8-21-40)46-33-32-44-37-51(41-22-9-3-10-23-41)50-34-35-53-56(55(50)52(44)38-46)60-57(58-53)42-24-11-4-12-25-42/h1-38H. The molecule has 0 aliphatic heterocycles. The lowest BCUT2D eigenvalue weighted by Gasteiger charge is -2.29. The van der Waals surface area contributed by atoms with Crippen molar-refractivity contribution in [1.29, 1.82) is 0 Å². The predicted molar refractivity (Wildman–Crippen MR) is 251 cm³/mol. The number of anilines is 3. The van der Waals surface area contributed by atoms with Crippen molar-refractivity contribution < 1.29 is 4.42 Å². The molecule has 0 aliphatic rings. The van der Waals surface area contributed by atoms with E-state index in [0.717, 1.165) is 83.1 Å². The molecule has 1 aromatic heterocycles. The molecule has 3 heteroatoms. The highest BCUT2D eigenvalue weighted by Crippen LogP contribution is 2.46. The number of benzene rings is 10. The Morgan fingerprint density at radius 2 is 0.883 bits per heavy atom. The van der Waals surface area contributed by atoms with Gasteiger partial charge >= 0.3 is 0 Å². The van der Waals surface area contributed by atoms with Crippen LogP contribution in [0, 0.1) is 0 Å². The lowest BCUT2D eigenvalue weighted by Crippen LogP contribution is -2.11. The first-order valence-electron chi connectivity index (χ1n) is 20.4. The van der Waals surface area contributed by atoms with E-state index in [1.807, 2.05) is 30.3 Å². The Kier molecular flexibility index (Phi) is 8.83. The van der Waals surface area contributed by atoms with E-state index in [-0.39, 0.29) is 0 Å². The Balaban J connectivity index is 1.18. The lowest BCUT2D eigenvalue weighted by atomic mass is 9.92. The molecule has 0 bridgehead atoms. The summed E-state index contributed by atoms with van der Waals surface area (Å²) in [6.45, 7) is 0. The highest BCUT2D eigenvalue weighted by atomic mass is 16.3. The van der Waals surface area contributed by atoms with Gasteiger partial charge in [-0.15, -0.1) is 0 Å². The van der Waals surface area contributed by atoms with Crippen LogP contribution in [0.3, 0.4) is 0 Å². The zero-order valence-corrected chi connectivity index (χ0v) is 32.7. The molecule has 0 atom stereocenters.